The summed E-state index contributed by atoms with van der Waals surface area (Å²) >= 11 is 0. The number of rotatable bonds is 1. The average Bonchev–Trinajstić information content (AvgIpc) is 2.91. The number of nitrogens with zero attached hydrogens (tertiary/aromatic N) is 1. The summed E-state index contributed by atoms with van der Waals surface area (Å²) in [4.78, 5) is 24.0. The molecule has 0 radical (unpaired) electrons. The van der Waals surface area contributed by atoms with Crippen LogP contribution in [0.5, 0.6) is 0 Å². The van der Waals surface area contributed by atoms with E-state index in [1.165, 1.54) is 11.9 Å². The summed E-state index contributed by atoms with van der Waals surface area (Å²) in [6.45, 7) is -0.288. The maximum Gasteiger partial charge on any atom is 0.602 e. The molecule has 0 bridgehead atoms. The highest BCUT2D eigenvalue weighted by molar-refractivity contribution is 6.52. The SMILES string of the molecule is CN1CC(=O)OB([C@@H]2C[C@@H]2C(F)(F)F)OC(=O)C1. The Morgan fingerprint density at radius 3 is 2.11 bits per heavy atom. The molecule has 1 heterocycles. The number of alkyl halides is 3. The normalized spacial score (nSPS) is 30.3. The van der Waals surface area contributed by atoms with E-state index in [9.17, 15) is 22.8 Å². The Morgan fingerprint density at radius 1 is 1.22 bits per heavy atom. The molecule has 1 aliphatic heterocycles. The van der Waals surface area contributed by atoms with E-state index in [1.807, 2.05) is 0 Å². The van der Waals surface area contributed by atoms with Gasteiger partial charge in [0, 0.05) is 5.82 Å². The molecule has 18 heavy (non-hydrogen) atoms. The van der Waals surface area contributed by atoms with Crippen molar-refractivity contribution in [2.24, 2.45) is 5.92 Å². The fourth-order valence-electron chi connectivity index (χ4n) is 1.92. The van der Waals surface area contributed by atoms with Gasteiger partial charge < -0.3 is 9.31 Å². The van der Waals surface area contributed by atoms with E-state index in [0.29, 0.717) is 0 Å². The second-order valence-corrected chi connectivity index (χ2v) is 4.57. The summed E-state index contributed by atoms with van der Waals surface area (Å²) < 4.78 is 46.7. The summed E-state index contributed by atoms with van der Waals surface area (Å²) in [7, 11) is 0.101. The van der Waals surface area contributed by atoms with Crippen molar-refractivity contribution in [1.82, 2.24) is 4.90 Å². The summed E-state index contributed by atoms with van der Waals surface area (Å²) in [6, 6.07) is 0. The van der Waals surface area contributed by atoms with Crippen LogP contribution >= 0.6 is 0 Å². The molecule has 5 nitrogen and oxygen atoms in total. The van der Waals surface area contributed by atoms with Gasteiger partial charge in [0.2, 0.25) is 0 Å². The lowest BCUT2D eigenvalue weighted by Crippen LogP contribution is -2.43. The van der Waals surface area contributed by atoms with Gasteiger partial charge in [0.25, 0.3) is 0 Å². The van der Waals surface area contributed by atoms with Crippen LogP contribution in [-0.2, 0) is 18.9 Å². The molecular formula is C9H11BF3NO4. The fourth-order valence-corrected chi connectivity index (χ4v) is 1.92. The third-order valence-electron chi connectivity index (χ3n) is 2.90. The Hall–Kier alpha value is -1.25. The molecule has 2 atom stereocenters. The molecule has 0 aromatic heterocycles. The molecule has 9 heteroatoms. The highest BCUT2D eigenvalue weighted by Gasteiger charge is 2.64. The van der Waals surface area contributed by atoms with Gasteiger partial charge in [0.15, 0.2) is 0 Å². The van der Waals surface area contributed by atoms with Crippen LogP contribution in [0.25, 0.3) is 0 Å². The van der Waals surface area contributed by atoms with E-state index in [4.69, 9.17) is 9.31 Å². The zero-order valence-corrected chi connectivity index (χ0v) is 9.57. The largest absolute Gasteiger partial charge is 0.602 e. The van der Waals surface area contributed by atoms with Crippen LogP contribution < -0.4 is 0 Å². The second-order valence-electron chi connectivity index (χ2n) is 4.57. The van der Waals surface area contributed by atoms with E-state index in [-0.39, 0.29) is 19.5 Å². The molecule has 2 fully saturated rings. The van der Waals surface area contributed by atoms with Gasteiger partial charge in [-0.25, -0.2) is 0 Å². The smallest absolute Gasteiger partial charge is 0.498 e. The molecule has 0 aromatic rings. The van der Waals surface area contributed by atoms with Crippen LogP contribution in [0.1, 0.15) is 6.42 Å². The molecule has 0 amide bonds. The fraction of sp³-hybridized carbons (Fsp3) is 0.778. The molecule has 2 aliphatic rings. The molecule has 2 rings (SSSR count). The monoisotopic (exact) mass is 265 g/mol. The van der Waals surface area contributed by atoms with Crippen molar-refractivity contribution in [2.75, 3.05) is 20.1 Å². The zero-order valence-electron chi connectivity index (χ0n) is 9.57. The predicted molar refractivity (Wildman–Crippen MR) is 53.3 cm³/mol. The Morgan fingerprint density at radius 2 is 1.72 bits per heavy atom. The third-order valence-corrected chi connectivity index (χ3v) is 2.90. The molecule has 0 aromatic carbocycles. The Labute approximate surface area is 101 Å². The minimum Gasteiger partial charge on any atom is -0.498 e. The van der Waals surface area contributed by atoms with Gasteiger partial charge in [-0.3, -0.25) is 14.5 Å². The van der Waals surface area contributed by atoms with Crippen LogP contribution in [0.2, 0.25) is 5.82 Å². The van der Waals surface area contributed by atoms with Gasteiger partial charge in [-0.05, 0) is 13.5 Å². The zero-order chi connectivity index (χ0) is 13.5. The molecule has 1 saturated carbocycles. The van der Waals surface area contributed by atoms with Gasteiger partial charge in [-0.2, -0.15) is 13.2 Å². The second kappa shape index (κ2) is 4.45. The van der Waals surface area contributed by atoms with Gasteiger partial charge in [0.05, 0.1) is 19.0 Å². The molecule has 1 saturated heterocycles. The highest BCUT2D eigenvalue weighted by atomic mass is 19.4. The standard InChI is InChI=1S/C9H11BF3NO4/c1-14-3-7(15)17-10(18-8(16)4-14)6-2-5(6)9(11,12)13/h5-6H,2-4H2,1H3/t5-,6+/m0/s1. The van der Waals surface area contributed by atoms with Crippen LogP contribution in [0.4, 0.5) is 13.2 Å². The quantitative estimate of drug-likeness (QED) is 0.644. The highest BCUT2D eigenvalue weighted by Crippen LogP contribution is 2.56. The predicted octanol–water partition coefficient (Wildman–Crippen LogP) is 0.459. The number of hydrogen-bond donors (Lipinski definition) is 0. The number of carbonyl (C=O) groups excluding carboxylic acids is 2. The van der Waals surface area contributed by atoms with Gasteiger partial charge in [-0.1, -0.05) is 0 Å². The lowest BCUT2D eigenvalue weighted by atomic mass is 9.80. The van der Waals surface area contributed by atoms with Crippen molar-refractivity contribution in [2.45, 2.75) is 18.4 Å². The van der Waals surface area contributed by atoms with E-state index < -0.39 is 37.0 Å². The number of hydrogen-bond acceptors (Lipinski definition) is 5. The first-order valence-electron chi connectivity index (χ1n) is 5.41. The lowest BCUT2D eigenvalue weighted by molar-refractivity contribution is -0.152. The molecular weight excluding hydrogens is 254 g/mol. The van der Waals surface area contributed by atoms with Gasteiger partial charge >= 0.3 is 25.2 Å². The third kappa shape index (κ3) is 2.95. The Bertz CT molecular complexity index is 355. The van der Waals surface area contributed by atoms with Crippen molar-refractivity contribution in [3.8, 4) is 0 Å². The van der Waals surface area contributed by atoms with E-state index >= 15 is 0 Å². The van der Waals surface area contributed by atoms with Crippen molar-refractivity contribution < 1.29 is 32.1 Å². The van der Waals surface area contributed by atoms with E-state index in [1.54, 1.807) is 0 Å². The van der Waals surface area contributed by atoms with Gasteiger partial charge in [0.1, 0.15) is 0 Å². The maximum atomic E-state index is 12.4. The molecule has 100 valence electrons. The van der Waals surface area contributed by atoms with Crippen molar-refractivity contribution in [1.29, 1.82) is 0 Å². The molecule has 0 spiro atoms. The van der Waals surface area contributed by atoms with E-state index in [2.05, 4.69) is 0 Å². The Balaban J connectivity index is 2.00. The average molecular weight is 265 g/mol. The van der Waals surface area contributed by atoms with Crippen LogP contribution in [0.15, 0.2) is 0 Å². The van der Waals surface area contributed by atoms with Crippen LogP contribution in [0.3, 0.4) is 0 Å². The van der Waals surface area contributed by atoms with Crippen molar-refractivity contribution in [3.63, 3.8) is 0 Å². The van der Waals surface area contributed by atoms with Gasteiger partial charge in [-0.15, -0.1) is 0 Å². The minimum atomic E-state index is -4.34. The summed E-state index contributed by atoms with van der Waals surface area (Å²) in [6.07, 6.45) is -4.52. The number of carbonyl (C=O) groups is 2. The summed E-state index contributed by atoms with van der Waals surface area (Å²) in [5.74, 6) is -3.91. The van der Waals surface area contributed by atoms with Crippen molar-refractivity contribution >= 4 is 19.1 Å². The van der Waals surface area contributed by atoms with Crippen LogP contribution in [0, 0.1) is 5.92 Å². The summed E-state index contributed by atoms with van der Waals surface area (Å²) in [5, 5.41) is 0. The number of likely N-dealkylation sites (N-methyl/N-ethyl adjacent to an activating group) is 1. The molecule has 0 N–H and O–H groups in total. The first kappa shape index (κ1) is 13.2. The molecule has 0 unspecified atom stereocenters. The minimum absolute atomic E-state index is 0.144. The summed E-state index contributed by atoms with van der Waals surface area (Å²) in [5.41, 5.74) is 0. The van der Waals surface area contributed by atoms with Crippen LogP contribution in [-0.4, -0.2) is 50.3 Å². The number of halogens is 3. The first-order valence-corrected chi connectivity index (χ1v) is 5.41. The van der Waals surface area contributed by atoms with Crippen molar-refractivity contribution in [3.05, 3.63) is 0 Å². The lowest BCUT2D eigenvalue weighted by Gasteiger charge is -2.22. The van der Waals surface area contributed by atoms with E-state index in [0.717, 1.165) is 0 Å². The topological polar surface area (TPSA) is 55.8 Å². The Kier molecular flexibility index (Phi) is 3.26. The first-order chi connectivity index (χ1) is 8.27. The molecule has 1 aliphatic carbocycles. The maximum absolute atomic E-state index is 12.4.